The average molecular weight is 271 g/mol. The van der Waals surface area contributed by atoms with Crippen molar-refractivity contribution in [3.8, 4) is 5.75 Å². The highest BCUT2D eigenvalue weighted by atomic mass is 16.5. The quantitative estimate of drug-likeness (QED) is 0.922. The number of rotatable bonds is 4. The molecule has 5 heteroatoms. The minimum atomic E-state index is -0.214. The predicted molar refractivity (Wildman–Crippen MR) is 77.4 cm³/mol. The third kappa shape index (κ3) is 2.88. The Labute approximate surface area is 118 Å². The van der Waals surface area contributed by atoms with Crippen LogP contribution in [-0.4, -0.2) is 29.9 Å². The Bertz CT molecular complexity index is 614. The number of para-hydroxylation sites is 1. The van der Waals surface area contributed by atoms with Gasteiger partial charge in [0.25, 0.3) is 5.91 Å². The lowest BCUT2D eigenvalue weighted by molar-refractivity contribution is 0.0779. The zero-order chi connectivity index (χ0) is 14.5. The van der Waals surface area contributed by atoms with Crippen molar-refractivity contribution in [2.75, 3.05) is 19.9 Å². The number of pyridine rings is 1. The van der Waals surface area contributed by atoms with Crippen molar-refractivity contribution in [2.24, 2.45) is 0 Å². The van der Waals surface area contributed by atoms with E-state index in [1.807, 2.05) is 24.3 Å². The highest BCUT2D eigenvalue weighted by Crippen LogP contribution is 2.20. The smallest absolute Gasteiger partial charge is 0.274 e. The lowest BCUT2D eigenvalue weighted by Crippen LogP contribution is -2.28. The zero-order valence-electron chi connectivity index (χ0n) is 11.5. The number of nitrogens with two attached hydrogens (primary N) is 1. The second kappa shape index (κ2) is 6.06. The molecular weight excluding hydrogens is 254 g/mol. The largest absolute Gasteiger partial charge is 0.496 e. The van der Waals surface area contributed by atoms with E-state index in [1.54, 1.807) is 37.4 Å². The van der Waals surface area contributed by atoms with Gasteiger partial charge in [-0.2, -0.15) is 0 Å². The molecule has 0 aliphatic heterocycles. The van der Waals surface area contributed by atoms with E-state index in [4.69, 9.17) is 10.5 Å². The maximum Gasteiger partial charge on any atom is 0.274 e. The van der Waals surface area contributed by atoms with Gasteiger partial charge in [-0.1, -0.05) is 18.2 Å². The molecule has 0 aliphatic rings. The number of hydrogen-bond acceptors (Lipinski definition) is 4. The molecule has 0 saturated carbocycles. The molecule has 1 aromatic heterocycles. The van der Waals surface area contributed by atoms with Crippen molar-refractivity contribution in [3.63, 3.8) is 0 Å². The summed E-state index contributed by atoms with van der Waals surface area (Å²) in [5.41, 5.74) is 7.35. The van der Waals surface area contributed by atoms with E-state index >= 15 is 0 Å². The normalized spacial score (nSPS) is 10.1. The summed E-state index contributed by atoms with van der Waals surface area (Å²) >= 11 is 0. The Hall–Kier alpha value is -2.56. The monoisotopic (exact) mass is 271 g/mol. The van der Waals surface area contributed by atoms with Crippen molar-refractivity contribution in [3.05, 3.63) is 53.9 Å². The van der Waals surface area contributed by atoms with Gasteiger partial charge in [-0.15, -0.1) is 0 Å². The number of methoxy groups -OCH3 is 1. The van der Waals surface area contributed by atoms with Crippen LogP contribution in [0, 0.1) is 0 Å². The fourth-order valence-electron chi connectivity index (χ4n) is 1.94. The molecule has 1 heterocycles. The summed E-state index contributed by atoms with van der Waals surface area (Å²) in [5, 5.41) is 0. The van der Waals surface area contributed by atoms with Gasteiger partial charge >= 0.3 is 0 Å². The molecule has 1 aromatic carbocycles. The molecule has 0 bridgehead atoms. The number of amides is 1. The highest BCUT2D eigenvalue weighted by Gasteiger charge is 2.17. The molecule has 5 nitrogen and oxygen atoms in total. The number of benzene rings is 1. The van der Waals surface area contributed by atoms with Crippen LogP contribution in [0.1, 0.15) is 16.1 Å². The Kier molecular flexibility index (Phi) is 4.20. The summed E-state index contributed by atoms with van der Waals surface area (Å²) in [6, 6.07) is 10.9. The van der Waals surface area contributed by atoms with E-state index in [1.165, 1.54) is 0 Å². The maximum atomic E-state index is 12.3. The first-order chi connectivity index (χ1) is 9.63. The first kappa shape index (κ1) is 13.9. The van der Waals surface area contributed by atoms with Gasteiger partial charge in [0.15, 0.2) is 5.69 Å². The second-order valence-corrected chi connectivity index (χ2v) is 4.41. The molecule has 0 spiro atoms. The summed E-state index contributed by atoms with van der Waals surface area (Å²) in [4.78, 5) is 17.9. The fraction of sp³-hybridized carbons (Fsp3) is 0.200. The molecule has 0 saturated heterocycles. The van der Waals surface area contributed by atoms with Crippen molar-refractivity contribution in [1.82, 2.24) is 9.88 Å². The van der Waals surface area contributed by atoms with Crippen LogP contribution < -0.4 is 10.5 Å². The van der Waals surface area contributed by atoms with Crippen LogP contribution in [0.15, 0.2) is 42.6 Å². The van der Waals surface area contributed by atoms with E-state index in [9.17, 15) is 4.79 Å². The summed E-state index contributed by atoms with van der Waals surface area (Å²) in [7, 11) is 3.32. The molecule has 2 N–H and O–H groups in total. The summed E-state index contributed by atoms with van der Waals surface area (Å²) in [6.45, 7) is 0.429. The van der Waals surface area contributed by atoms with Gasteiger partial charge in [-0.05, 0) is 18.2 Å². The first-order valence-electron chi connectivity index (χ1n) is 6.21. The van der Waals surface area contributed by atoms with E-state index in [-0.39, 0.29) is 11.6 Å². The van der Waals surface area contributed by atoms with E-state index in [0.29, 0.717) is 12.2 Å². The first-order valence-corrected chi connectivity index (χ1v) is 6.21. The van der Waals surface area contributed by atoms with Crippen LogP contribution in [0.2, 0.25) is 0 Å². The van der Waals surface area contributed by atoms with Gasteiger partial charge in [0.1, 0.15) is 5.75 Å². The Morgan fingerprint density at radius 2 is 2.05 bits per heavy atom. The molecular formula is C15H17N3O2. The molecule has 0 aliphatic carbocycles. The predicted octanol–water partition coefficient (Wildman–Crippen LogP) is 1.94. The van der Waals surface area contributed by atoms with Crippen molar-refractivity contribution < 1.29 is 9.53 Å². The Balaban J connectivity index is 2.18. The topological polar surface area (TPSA) is 68.5 Å². The van der Waals surface area contributed by atoms with Crippen molar-refractivity contribution in [2.45, 2.75) is 6.54 Å². The molecule has 0 unspecified atom stereocenters. The number of ether oxygens (including phenoxy) is 1. The maximum absolute atomic E-state index is 12.3. The van der Waals surface area contributed by atoms with Gasteiger partial charge < -0.3 is 15.4 Å². The lowest BCUT2D eigenvalue weighted by Gasteiger charge is -2.19. The van der Waals surface area contributed by atoms with Crippen LogP contribution in [0.25, 0.3) is 0 Å². The average Bonchev–Trinajstić information content (AvgIpc) is 2.47. The molecule has 0 atom stereocenters. The Morgan fingerprint density at radius 1 is 1.30 bits per heavy atom. The van der Waals surface area contributed by atoms with Crippen molar-refractivity contribution in [1.29, 1.82) is 0 Å². The lowest BCUT2D eigenvalue weighted by atomic mass is 10.2. The Morgan fingerprint density at radius 3 is 2.75 bits per heavy atom. The van der Waals surface area contributed by atoms with Crippen molar-refractivity contribution >= 4 is 11.6 Å². The highest BCUT2D eigenvalue weighted by molar-refractivity contribution is 5.96. The molecule has 2 rings (SSSR count). The number of hydrogen-bond donors (Lipinski definition) is 1. The third-order valence-corrected chi connectivity index (χ3v) is 2.99. The number of carbonyl (C=O) groups excluding carboxylic acids is 1. The molecule has 104 valence electrons. The number of anilines is 1. The van der Waals surface area contributed by atoms with E-state index in [0.717, 1.165) is 11.3 Å². The molecule has 0 radical (unpaired) electrons. The summed E-state index contributed by atoms with van der Waals surface area (Å²) in [6.07, 6.45) is 1.56. The zero-order valence-corrected chi connectivity index (χ0v) is 11.5. The summed E-state index contributed by atoms with van der Waals surface area (Å²) < 4.78 is 5.28. The van der Waals surface area contributed by atoms with E-state index < -0.39 is 0 Å². The molecule has 20 heavy (non-hydrogen) atoms. The third-order valence-electron chi connectivity index (χ3n) is 2.99. The minimum absolute atomic E-state index is 0.214. The number of nitrogens with zero attached hydrogens (tertiary/aromatic N) is 2. The van der Waals surface area contributed by atoms with Crippen LogP contribution in [0.5, 0.6) is 5.75 Å². The number of carbonyl (C=O) groups is 1. The van der Waals surface area contributed by atoms with E-state index in [2.05, 4.69) is 4.98 Å². The van der Waals surface area contributed by atoms with Crippen LogP contribution >= 0.6 is 0 Å². The fourth-order valence-corrected chi connectivity index (χ4v) is 1.94. The van der Waals surface area contributed by atoms with Crippen LogP contribution in [0.3, 0.4) is 0 Å². The van der Waals surface area contributed by atoms with Gasteiger partial charge in [0.2, 0.25) is 0 Å². The molecule has 2 aromatic rings. The minimum Gasteiger partial charge on any atom is -0.496 e. The number of aromatic nitrogens is 1. The SMILES string of the molecule is COc1ccccc1CN(C)C(=O)c1ncccc1N. The summed E-state index contributed by atoms with van der Waals surface area (Å²) in [5.74, 6) is 0.537. The van der Waals surface area contributed by atoms with Crippen LogP contribution in [-0.2, 0) is 6.54 Å². The van der Waals surface area contributed by atoms with Gasteiger partial charge in [0, 0.05) is 25.4 Å². The van der Waals surface area contributed by atoms with Gasteiger partial charge in [-0.3, -0.25) is 4.79 Å². The number of nitrogen functional groups attached to an aromatic ring is 1. The van der Waals surface area contributed by atoms with Crippen LogP contribution in [0.4, 0.5) is 5.69 Å². The standard InChI is InChI=1S/C15H17N3O2/c1-18(10-11-6-3-4-8-13(11)20-2)15(19)14-12(16)7-5-9-17-14/h3-9H,10,16H2,1-2H3. The molecule has 0 fully saturated rings. The second-order valence-electron chi connectivity index (χ2n) is 4.41. The van der Waals surface area contributed by atoms with Gasteiger partial charge in [-0.25, -0.2) is 4.98 Å². The molecule has 1 amide bonds. The van der Waals surface area contributed by atoms with Gasteiger partial charge in [0.05, 0.1) is 12.8 Å².